The van der Waals surface area contributed by atoms with Crippen molar-refractivity contribution in [1.29, 1.82) is 0 Å². The highest BCUT2D eigenvalue weighted by molar-refractivity contribution is 5.81. The molecule has 3 aromatic carbocycles. The van der Waals surface area contributed by atoms with Crippen LogP contribution in [0.25, 0.3) is 22.4 Å². The third-order valence-electron chi connectivity index (χ3n) is 6.36. The molecule has 32 heavy (non-hydrogen) atoms. The molecule has 1 fully saturated rings. The molecule has 1 saturated carbocycles. The van der Waals surface area contributed by atoms with Crippen LogP contribution in [0.1, 0.15) is 44.1 Å². The molecule has 0 atom stereocenters. The Kier molecular flexibility index (Phi) is 6.02. The number of aromatic nitrogens is 2. The molecule has 0 radical (unpaired) electrons. The van der Waals surface area contributed by atoms with Crippen LogP contribution < -0.4 is 4.74 Å². The van der Waals surface area contributed by atoms with Gasteiger partial charge in [0.1, 0.15) is 11.6 Å². The number of nitrogens with zero attached hydrogens (tertiary/aromatic N) is 2. The lowest BCUT2D eigenvalue weighted by Gasteiger charge is -2.20. The molecule has 162 valence electrons. The van der Waals surface area contributed by atoms with Gasteiger partial charge in [-0.15, -0.1) is 0 Å². The molecule has 5 rings (SSSR count). The predicted octanol–water partition coefficient (Wildman–Crippen LogP) is 6.63. The summed E-state index contributed by atoms with van der Waals surface area (Å²) in [6.07, 6.45) is 6.57. The minimum Gasteiger partial charge on any atom is -0.427 e. The van der Waals surface area contributed by atoms with Crippen molar-refractivity contribution >= 4 is 17.0 Å². The molecule has 0 aliphatic heterocycles. The Hall–Kier alpha value is -3.40. The largest absolute Gasteiger partial charge is 0.427 e. The molecule has 4 aromatic rings. The van der Waals surface area contributed by atoms with Gasteiger partial charge in [0.05, 0.1) is 11.0 Å². The third kappa shape index (κ3) is 4.59. The van der Waals surface area contributed by atoms with Crippen molar-refractivity contribution in [3.8, 4) is 17.1 Å². The number of imidazole rings is 1. The number of hydrogen-bond donors (Lipinski definition) is 0. The van der Waals surface area contributed by atoms with Crippen LogP contribution in [0, 0.1) is 5.92 Å². The monoisotopic (exact) mass is 424 g/mol. The van der Waals surface area contributed by atoms with Crippen LogP contribution in [-0.4, -0.2) is 15.5 Å². The standard InChI is InChI=1S/C28H28N2O2/c31-27(19-21-9-3-1-4-10-21)32-24-17-15-23(16-18-24)28-29-25-13-7-8-14-26(25)30(28)20-22-11-5-2-6-12-22/h2,5-8,11-18,21H,1,3-4,9-10,19-20H2. The predicted molar refractivity (Wildman–Crippen MR) is 128 cm³/mol. The van der Waals surface area contributed by atoms with Gasteiger partial charge in [0.25, 0.3) is 0 Å². The van der Waals surface area contributed by atoms with E-state index in [1.165, 1.54) is 24.8 Å². The summed E-state index contributed by atoms with van der Waals surface area (Å²) in [5.41, 5.74) is 4.31. The Morgan fingerprint density at radius 3 is 2.38 bits per heavy atom. The average molecular weight is 425 g/mol. The lowest BCUT2D eigenvalue weighted by atomic mass is 9.87. The summed E-state index contributed by atoms with van der Waals surface area (Å²) < 4.78 is 7.87. The van der Waals surface area contributed by atoms with Crippen LogP contribution in [0.5, 0.6) is 5.75 Å². The average Bonchev–Trinajstić information content (AvgIpc) is 3.19. The highest BCUT2D eigenvalue weighted by Crippen LogP contribution is 2.29. The third-order valence-corrected chi connectivity index (χ3v) is 6.36. The van der Waals surface area contributed by atoms with E-state index in [9.17, 15) is 4.79 Å². The van der Waals surface area contributed by atoms with Crippen molar-refractivity contribution in [2.24, 2.45) is 5.92 Å². The van der Waals surface area contributed by atoms with Crippen LogP contribution in [0.4, 0.5) is 0 Å². The van der Waals surface area contributed by atoms with Gasteiger partial charge < -0.3 is 9.30 Å². The van der Waals surface area contributed by atoms with Crippen LogP contribution >= 0.6 is 0 Å². The lowest BCUT2D eigenvalue weighted by Crippen LogP contribution is -2.16. The SMILES string of the molecule is O=C(CC1CCCCC1)Oc1ccc(-c2nc3ccccc3n2Cc2ccccc2)cc1. The number of fused-ring (bicyclic) bond motifs is 1. The molecule has 0 unspecified atom stereocenters. The van der Waals surface area contributed by atoms with E-state index in [-0.39, 0.29) is 5.97 Å². The molecule has 1 aliphatic rings. The fourth-order valence-electron chi connectivity index (χ4n) is 4.69. The number of para-hydroxylation sites is 2. The van der Waals surface area contributed by atoms with Gasteiger partial charge in [0.15, 0.2) is 0 Å². The van der Waals surface area contributed by atoms with E-state index in [1.54, 1.807) is 0 Å². The fraction of sp³-hybridized carbons (Fsp3) is 0.286. The molecule has 1 aliphatic carbocycles. The molecule has 1 heterocycles. The lowest BCUT2D eigenvalue weighted by molar-refractivity contribution is -0.135. The Balaban J connectivity index is 1.37. The fourth-order valence-corrected chi connectivity index (χ4v) is 4.69. The number of ether oxygens (including phenoxy) is 1. The second-order valence-corrected chi connectivity index (χ2v) is 8.70. The highest BCUT2D eigenvalue weighted by atomic mass is 16.5. The molecule has 0 bridgehead atoms. The number of carbonyl (C=O) groups excluding carboxylic acids is 1. The van der Waals surface area contributed by atoms with Crippen LogP contribution in [0.2, 0.25) is 0 Å². The van der Waals surface area contributed by atoms with E-state index in [0.29, 0.717) is 18.1 Å². The Morgan fingerprint density at radius 1 is 0.875 bits per heavy atom. The molecule has 4 heteroatoms. The van der Waals surface area contributed by atoms with Gasteiger partial charge in [-0.1, -0.05) is 61.7 Å². The first-order valence-corrected chi connectivity index (χ1v) is 11.6. The van der Waals surface area contributed by atoms with E-state index in [2.05, 4.69) is 34.9 Å². The Bertz CT molecular complexity index is 1190. The smallest absolute Gasteiger partial charge is 0.311 e. The molecule has 1 aromatic heterocycles. The van der Waals surface area contributed by atoms with Crippen molar-refractivity contribution in [3.63, 3.8) is 0 Å². The number of hydrogen-bond acceptors (Lipinski definition) is 3. The first-order valence-electron chi connectivity index (χ1n) is 11.6. The molecule has 0 N–H and O–H groups in total. The maximum atomic E-state index is 12.4. The molecular formula is C28H28N2O2. The Morgan fingerprint density at radius 2 is 1.59 bits per heavy atom. The first-order chi connectivity index (χ1) is 15.8. The minimum absolute atomic E-state index is 0.124. The van der Waals surface area contributed by atoms with E-state index in [0.717, 1.165) is 41.8 Å². The molecular weight excluding hydrogens is 396 g/mol. The maximum Gasteiger partial charge on any atom is 0.311 e. The molecule has 0 saturated heterocycles. The zero-order valence-electron chi connectivity index (χ0n) is 18.2. The van der Waals surface area contributed by atoms with E-state index in [1.807, 2.05) is 48.5 Å². The summed E-state index contributed by atoms with van der Waals surface area (Å²) in [4.78, 5) is 17.3. The van der Waals surface area contributed by atoms with Gasteiger partial charge >= 0.3 is 5.97 Å². The van der Waals surface area contributed by atoms with Gasteiger partial charge in [-0.2, -0.15) is 0 Å². The second kappa shape index (κ2) is 9.39. The summed E-state index contributed by atoms with van der Waals surface area (Å²) >= 11 is 0. The summed E-state index contributed by atoms with van der Waals surface area (Å²) in [5.74, 6) is 1.87. The molecule has 0 spiro atoms. The number of carbonyl (C=O) groups is 1. The van der Waals surface area contributed by atoms with E-state index >= 15 is 0 Å². The van der Waals surface area contributed by atoms with Crippen LogP contribution in [-0.2, 0) is 11.3 Å². The van der Waals surface area contributed by atoms with Crippen molar-refractivity contribution in [2.45, 2.75) is 45.1 Å². The van der Waals surface area contributed by atoms with Crippen molar-refractivity contribution in [2.75, 3.05) is 0 Å². The maximum absolute atomic E-state index is 12.4. The first kappa shape index (κ1) is 20.5. The topological polar surface area (TPSA) is 44.1 Å². The summed E-state index contributed by atoms with van der Waals surface area (Å²) in [5, 5.41) is 0. The summed E-state index contributed by atoms with van der Waals surface area (Å²) in [6, 6.07) is 26.4. The van der Waals surface area contributed by atoms with Gasteiger partial charge in [0, 0.05) is 18.5 Å². The van der Waals surface area contributed by atoms with Gasteiger partial charge in [-0.05, 0) is 60.7 Å². The summed E-state index contributed by atoms with van der Waals surface area (Å²) in [7, 11) is 0. The van der Waals surface area contributed by atoms with Crippen molar-refractivity contribution < 1.29 is 9.53 Å². The quantitative estimate of drug-likeness (QED) is 0.258. The van der Waals surface area contributed by atoms with Crippen LogP contribution in [0.3, 0.4) is 0 Å². The number of benzene rings is 3. The highest BCUT2D eigenvalue weighted by Gasteiger charge is 2.18. The normalized spacial score (nSPS) is 14.5. The zero-order chi connectivity index (χ0) is 21.8. The number of esters is 1. The van der Waals surface area contributed by atoms with Crippen LogP contribution in [0.15, 0.2) is 78.9 Å². The van der Waals surface area contributed by atoms with Crippen molar-refractivity contribution in [3.05, 3.63) is 84.4 Å². The van der Waals surface area contributed by atoms with E-state index in [4.69, 9.17) is 9.72 Å². The zero-order valence-corrected chi connectivity index (χ0v) is 18.2. The molecule has 4 nitrogen and oxygen atoms in total. The second-order valence-electron chi connectivity index (χ2n) is 8.70. The molecule has 0 amide bonds. The van der Waals surface area contributed by atoms with Gasteiger partial charge in [0.2, 0.25) is 0 Å². The Labute approximate surface area is 188 Å². The van der Waals surface area contributed by atoms with Crippen molar-refractivity contribution in [1.82, 2.24) is 9.55 Å². The van der Waals surface area contributed by atoms with E-state index < -0.39 is 0 Å². The summed E-state index contributed by atoms with van der Waals surface area (Å²) in [6.45, 7) is 0.745. The van der Waals surface area contributed by atoms with Gasteiger partial charge in [-0.3, -0.25) is 4.79 Å². The number of rotatable bonds is 6. The van der Waals surface area contributed by atoms with Gasteiger partial charge in [-0.25, -0.2) is 4.98 Å². The minimum atomic E-state index is -0.124.